The molecule has 30 heavy (non-hydrogen) atoms. The minimum absolute atomic E-state index is 0.0909. The molecule has 0 radical (unpaired) electrons. The number of amides is 1. The van der Waals surface area contributed by atoms with E-state index in [4.69, 9.17) is 9.47 Å². The second-order valence-corrected chi connectivity index (χ2v) is 9.33. The monoisotopic (exact) mass is 434 g/mol. The number of benzene rings is 2. The molecular weight excluding hydrogens is 404 g/mol. The number of hydrogen-bond donors (Lipinski definition) is 1. The first-order valence-electron chi connectivity index (χ1n) is 9.71. The van der Waals surface area contributed by atoms with Crippen LogP contribution in [0.1, 0.15) is 26.3 Å². The van der Waals surface area contributed by atoms with Crippen molar-refractivity contribution in [1.82, 2.24) is 5.32 Å². The number of carbonyl (C=O) groups excluding carboxylic acids is 1. The number of rotatable bonds is 9. The van der Waals surface area contributed by atoms with Crippen molar-refractivity contribution in [2.24, 2.45) is 5.92 Å². The molecule has 7 nitrogen and oxygen atoms in total. The van der Waals surface area contributed by atoms with Crippen molar-refractivity contribution >= 4 is 21.6 Å². The number of carbonyl (C=O) groups is 1. The average Bonchev–Trinajstić information content (AvgIpc) is 2.71. The number of methoxy groups -OCH3 is 2. The molecule has 0 saturated carbocycles. The van der Waals surface area contributed by atoms with Crippen LogP contribution in [0.15, 0.2) is 47.4 Å². The lowest BCUT2D eigenvalue weighted by atomic mass is 10.1. The largest absolute Gasteiger partial charge is 0.493 e. The van der Waals surface area contributed by atoms with E-state index < -0.39 is 10.0 Å². The topological polar surface area (TPSA) is 84.9 Å². The van der Waals surface area contributed by atoms with Gasteiger partial charge in [-0.25, -0.2) is 8.42 Å². The lowest BCUT2D eigenvalue weighted by Crippen LogP contribution is -2.45. The summed E-state index contributed by atoms with van der Waals surface area (Å²) in [5.74, 6) is 0.667. The third-order valence-electron chi connectivity index (χ3n) is 4.94. The standard InChI is InChI=1S/C22H30N2O5S/c1-15(2)17(4)23-22(25)14-24(18-9-12-20(28-5)21(13-18)29-6)30(26,27)19-10-7-16(3)8-11-19/h7-13,15,17H,14H2,1-6H3,(H,23,25). The van der Waals surface area contributed by atoms with E-state index in [2.05, 4.69) is 5.32 Å². The highest BCUT2D eigenvalue weighted by molar-refractivity contribution is 7.92. The van der Waals surface area contributed by atoms with Gasteiger partial charge in [-0.1, -0.05) is 31.5 Å². The quantitative estimate of drug-likeness (QED) is 0.654. The summed E-state index contributed by atoms with van der Waals surface area (Å²) in [5.41, 5.74) is 1.25. The predicted octanol–water partition coefficient (Wildman–Crippen LogP) is 3.37. The molecule has 8 heteroatoms. The summed E-state index contributed by atoms with van der Waals surface area (Å²) in [6.07, 6.45) is 0. The number of hydrogen-bond acceptors (Lipinski definition) is 5. The van der Waals surface area contributed by atoms with Gasteiger partial charge in [-0.05, 0) is 44.0 Å². The lowest BCUT2D eigenvalue weighted by Gasteiger charge is -2.26. The predicted molar refractivity (Wildman–Crippen MR) is 118 cm³/mol. The summed E-state index contributed by atoms with van der Waals surface area (Å²) >= 11 is 0. The summed E-state index contributed by atoms with van der Waals surface area (Å²) in [6, 6.07) is 11.2. The van der Waals surface area contributed by atoms with Gasteiger partial charge in [0, 0.05) is 12.1 Å². The molecule has 0 aliphatic carbocycles. The van der Waals surface area contributed by atoms with Crippen LogP contribution in [0, 0.1) is 12.8 Å². The molecule has 0 fully saturated rings. The highest BCUT2D eigenvalue weighted by atomic mass is 32.2. The normalized spacial score (nSPS) is 12.4. The van der Waals surface area contributed by atoms with Crippen LogP contribution in [0.25, 0.3) is 0 Å². The van der Waals surface area contributed by atoms with Gasteiger partial charge in [-0.3, -0.25) is 9.10 Å². The Kier molecular flexibility index (Phi) is 7.72. The SMILES string of the molecule is COc1ccc(N(CC(=O)NC(C)C(C)C)S(=O)(=O)c2ccc(C)cc2)cc1OC. The van der Waals surface area contributed by atoms with Crippen LogP contribution < -0.4 is 19.1 Å². The Morgan fingerprint density at radius 3 is 2.13 bits per heavy atom. The Hall–Kier alpha value is -2.74. The molecular formula is C22H30N2O5S. The molecule has 0 aliphatic rings. The Labute approximate surface area is 179 Å². The van der Waals surface area contributed by atoms with Crippen molar-refractivity contribution in [1.29, 1.82) is 0 Å². The van der Waals surface area contributed by atoms with Crippen LogP contribution in [-0.2, 0) is 14.8 Å². The van der Waals surface area contributed by atoms with E-state index in [0.29, 0.717) is 17.2 Å². The first-order valence-corrected chi connectivity index (χ1v) is 11.1. The van der Waals surface area contributed by atoms with E-state index in [0.717, 1.165) is 9.87 Å². The van der Waals surface area contributed by atoms with Crippen LogP contribution >= 0.6 is 0 Å². The Bertz CT molecular complexity index is 972. The first-order chi connectivity index (χ1) is 14.1. The fourth-order valence-electron chi connectivity index (χ4n) is 2.73. The Morgan fingerprint density at radius 2 is 1.60 bits per heavy atom. The van der Waals surface area contributed by atoms with Gasteiger partial charge in [0.15, 0.2) is 11.5 Å². The summed E-state index contributed by atoms with van der Waals surface area (Å²) in [4.78, 5) is 12.8. The van der Waals surface area contributed by atoms with Crippen LogP contribution in [0.5, 0.6) is 11.5 Å². The maximum atomic E-state index is 13.4. The maximum Gasteiger partial charge on any atom is 0.264 e. The fraction of sp³-hybridized carbons (Fsp3) is 0.409. The fourth-order valence-corrected chi connectivity index (χ4v) is 4.14. The molecule has 0 aliphatic heterocycles. The van der Waals surface area contributed by atoms with Crippen molar-refractivity contribution in [3.63, 3.8) is 0 Å². The third kappa shape index (κ3) is 5.44. The molecule has 0 saturated heterocycles. The van der Waals surface area contributed by atoms with Crippen LogP contribution in [0.3, 0.4) is 0 Å². The molecule has 1 amide bonds. The first kappa shape index (κ1) is 23.5. The van der Waals surface area contributed by atoms with Gasteiger partial charge >= 0.3 is 0 Å². The second-order valence-electron chi connectivity index (χ2n) is 7.46. The second kappa shape index (κ2) is 9.84. The number of ether oxygens (including phenoxy) is 2. The summed E-state index contributed by atoms with van der Waals surface area (Å²) < 4.78 is 38.5. The number of anilines is 1. The zero-order chi connectivity index (χ0) is 22.5. The number of aryl methyl sites for hydroxylation is 1. The highest BCUT2D eigenvalue weighted by Gasteiger charge is 2.28. The van der Waals surface area contributed by atoms with Crippen molar-refractivity contribution in [3.05, 3.63) is 48.0 Å². The van der Waals surface area contributed by atoms with Gasteiger partial charge < -0.3 is 14.8 Å². The molecule has 1 unspecified atom stereocenters. The average molecular weight is 435 g/mol. The van der Waals surface area contributed by atoms with Crippen LogP contribution in [0.4, 0.5) is 5.69 Å². The zero-order valence-corrected chi connectivity index (χ0v) is 19.1. The van der Waals surface area contributed by atoms with E-state index in [1.165, 1.54) is 26.4 Å². The zero-order valence-electron chi connectivity index (χ0n) is 18.3. The summed E-state index contributed by atoms with van der Waals surface area (Å²) in [7, 11) is -1.02. The molecule has 2 rings (SSSR count). The summed E-state index contributed by atoms with van der Waals surface area (Å²) in [5, 5.41) is 2.86. The highest BCUT2D eigenvalue weighted by Crippen LogP contribution is 2.33. The van der Waals surface area contributed by atoms with E-state index in [-0.39, 0.29) is 29.3 Å². The molecule has 0 spiro atoms. The summed E-state index contributed by atoms with van der Waals surface area (Å²) in [6.45, 7) is 7.38. The van der Waals surface area contributed by atoms with Crippen molar-refractivity contribution < 1.29 is 22.7 Å². The lowest BCUT2D eigenvalue weighted by molar-refractivity contribution is -0.120. The Balaban J connectivity index is 2.49. The number of nitrogens with zero attached hydrogens (tertiary/aromatic N) is 1. The molecule has 2 aromatic carbocycles. The van der Waals surface area contributed by atoms with Gasteiger partial charge in [0.05, 0.1) is 24.8 Å². The van der Waals surface area contributed by atoms with Gasteiger partial charge in [0.1, 0.15) is 6.54 Å². The third-order valence-corrected chi connectivity index (χ3v) is 6.73. The van der Waals surface area contributed by atoms with E-state index in [1.807, 2.05) is 27.7 Å². The maximum absolute atomic E-state index is 13.4. The molecule has 0 aromatic heterocycles. The number of nitrogens with one attached hydrogen (secondary N) is 1. The minimum atomic E-state index is -3.99. The molecule has 164 valence electrons. The molecule has 1 atom stereocenters. The minimum Gasteiger partial charge on any atom is -0.493 e. The smallest absolute Gasteiger partial charge is 0.264 e. The van der Waals surface area contributed by atoms with Gasteiger partial charge in [0.2, 0.25) is 5.91 Å². The van der Waals surface area contributed by atoms with Crippen molar-refractivity contribution in [3.8, 4) is 11.5 Å². The molecule has 1 N–H and O–H groups in total. The molecule has 0 bridgehead atoms. The Morgan fingerprint density at radius 1 is 1.00 bits per heavy atom. The molecule has 0 heterocycles. The van der Waals surface area contributed by atoms with E-state index in [1.54, 1.807) is 30.3 Å². The van der Waals surface area contributed by atoms with E-state index in [9.17, 15) is 13.2 Å². The van der Waals surface area contributed by atoms with Gasteiger partial charge in [-0.2, -0.15) is 0 Å². The van der Waals surface area contributed by atoms with E-state index >= 15 is 0 Å². The van der Waals surface area contributed by atoms with Gasteiger partial charge in [-0.15, -0.1) is 0 Å². The van der Waals surface area contributed by atoms with Crippen molar-refractivity contribution in [2.45, 2.75) is 38.6 Å². The van der Waals surface area contributed by atoms with Crippen LogP contribution in [0.2, 0.25) is 0 Å². The van der Waals surface area contributed by atoms with Crippen LogP contribution in [-0.4, -0.2) is 41.1 Å². The van der Waals surface area contributed by atoms with Gasteiger partial charge in [0.25, 0.3) is 10.0 Å². The van der Waals surface area contributed by atoms with Crippen molar-refractivity contribution in [2.75, 3.05) is 25.1 Å². The molecule has 2 aromatic rings. The number of sulfonamides is 1.